The fourth-order valence-electron chi connectivity index (χ4n) is 4.56. The summed E-state index contributed by atoms with van der Waals surface area (Å²) in [6, 6.07) is 16.3. The lowest BCUT2D eigenvalue weighted by Gasteiger charge is -2.34. The summed E-state index contributed by atoms with van der Waals surface area (Å²) in [5, 5.41) is 4.41. The van der Waals surface area contributed by atoms with Crippen LogP contribution in [0.2, 0.25) is 0 Å². The second-order valence-electron chi connectivity index (χ2n) is 8.12. The second kappa shape index (κ2) is 7.24. The van der Waals surface area contributed by atoms with Crippen LogP contribution in [-0.2, 0) is 10.3 Å². The summed E-state index contributed by atoms with van der Waals surface area (Å²) in [5.41, 5.74) is 1.82. The highest BCUT2D eigenvalue weighted by atomic mass is 32.1. The molecule has 0 saturated carbocycles. The number of hydrogen-bond acceptors (Lipinski definition) is 5. The molecule has 1 aromatic heterocycles. The molecule has 4 nitrogen and oxygen atoms in total. The van der Waals surface area contributed by atoms with Gasteiger partial charge in [-0.25, -0.2) is 0 Å². The summed E-state index contributed by atoms with van der Waals surface area (Å²) in [6.07, 6.45) is 1.18. The molecule has 5 heteroatoms. The molecule has 150 valence electrons. The summed E-state index contributed by atoms with van der Waals surface area (Å²) in [7, 11) is 0. The molecule has 0 unspecified atom stereocenters. The molecule has 0 amide bonds. The lowest BCUT2D eigenvalue weighted by molar-refractivity contribution is -0.0805. The van der Waals surface area contributed by atoms with Gasteiger partial charge in [-0.2, -0.15) is 0 Å². The molecule has 3 aromatic rings. The number of piperidine rings is 1. The molecule has 3 heterocycles. The Hall–Kier alpha value is -2.21. The number of ketones is 1. The Balaban J connectivity index is 1.60. The first-order chi connectivity index (χ1) is 14.1. The van der Waals surface area contributed by atoms with Crippen molar-refractivity contribution in [1.82, 2.24) is 5.32 Å². The van der Waals surface area contributed by atoms with E-state index in [-0.39, 0.29) is 17.5 Å². The molecule has 1 saturated heterocycles. The lowest BCUT2D eigenvalue weighted by Crippen LogP contribution is -2.40. The maximum Gasteiger partial charge on any atom is 0.209 e. The van der Waals surface area contributed by atoms with Crippen LogP contribution in [0.4, 0.5) is 0 Å². The van der Waals surface area contributed by atoms with E-state index in [0.29, 0.717) is 10.6 Å². The molecule has 1 spiro atoms. The van der Waals surface area contributed by atoms with Crippen LogP contribution in [0.1, 0.15) is 53.6 Å². The van der Waals surface area contributed by atoms with Crippen molar-refractivity contribution in [2.24, 2.45) is 0 Å². The molecule has 29 heavy (non-hydrogen) atoms. The van der Waals surface area contributed by atoms with Crippen molar-refractivity contribution >= 4 is 27.2 Å². The minimum Gasteiger partial charge on any atom is -0.489 e. The Morgan fingerprint density at radius 1 is 1.14 bits per heavy atom. The van der Waals surface area contributed by atoms with E-state index in [1.54, 1.807) is 0 Å². The van der Waals surface area contributed by atoms with Crippen molar-refractivity contribution in [3.05, 3.63) is 64.5 Å². The number of thiophene rings is 1. The number of nitrogens with one attached hydrogen (secondary N) is 1. The number of hydrogen-bond donors (Lipinski definition) is 1. The topological polar surface area (TPSA) is 47.6 Å². The van der Waals surface area contributed by atoms with Crippen LogP contribution in [0.5, 0.6) is 5.75 Å². The third-order valence-electron chi connectivity index (χ3n) is 5.85. The summed E-state index contributed by atoms with van der Waals surface area (Å²) < 4.78 is 13.8. The maximum absolute atomic E-state index is 13.8. The van der Waals surface area contributed by atoms with E-state index >= 15 is 0 Å². The number of carbonyl (C=O) groups is 1. The highest BCUT2D eigenvalue weighted by Crippen LogP contribution is 2.51. The number of carbonyl (C=O) groups excluding carboxylic acids is 1. The second-order valence-corrected chi connectivity index (χ2v) is 9.17. The molecule has 2 aromatic carbocycles. The van der Waals surface area contributed by atoms with E-state index in [0.717, 1.165) is 41.6 Å². The van der Waals surface area contributed by atoms with Crippen molar-refractivity contribution in [3.63, 3.8) is 0 Å². The zero-order chi connectivity index (χ0) is 20.0. The van der Waals surface area contributed by atoms with Gasteiger partial charge < -0.3 is 14.8 Å². The molecule has 0 aliphatic carbocycles. The molecule has 5 rings (SSSR count). The van der Waals surface area contributed by atoms with Gasteiger partial charge in [-0.1, -0.05) is 36.4 Å². The molecule has 2 aliphatic rings. The van der Waals surface area contributed by atoms with Gasteiger partial charge in [0.25, 0.3) is 0 Å². The fourth-order valence-corrected chi connectivity index (χ4v) is 5.66. The molecular formula is C24H25NO3S. The summed E-state index contributed by atoms with van der Waals surface area (Å²) in [6.45, 7) is 5.79. The highest BCUT2D eigenvalue weighted by molar-refractivity contribution is 7.21. The number of Topliss-reactive ketones (excluding diaryl/α,β-unsaturated/α-hetero) is 1. The number of ether oxygens (including phenoxy) is 2. The minimum absolute atomic E-state index is 0.00436. The summed E-state index contributed by atoms with van der Waals surface area (Å²) >= 11 is 1.50. The van der Waals surface area contributed by atoms with E-state index in [9.17, 15) is 4.79 Å². The minimum atomic E-state index is -0.577. The first-order valence-electron chi connectivity index (χ1n) is 10.3. The van der Waals surface area contributed by atoms with E-state index in [4.69, 9.17) is 9.47 Å². The predicted octanol–water partition coefficient (Wildman–Crippen LogP) is 5.22. The van der Waals surface area contributed by atoms with Crippen LogP contribution in [0.25, 0.3) is 10.1 Å². The van der Waals surface area contributed by atoms with Crippen LogP contribution in [0.15, 0.2) is 48.5 Å². The van der Waals surface area contributed by atoms with Gasteiger partial charge in [0, 0.05) is 10.1 Å². The Kier molecular flexibility index (Phi) is 4.69. The van der Waals surface area contributed by atoms with E-state index in [2.05, 4.69) is 11.4 Å². The SMILES string of the molecule is CC(C)Oc1c(C(=O)[C@@H]2OC3(CCNCC3)c3ccccc32)sc2ccccc12. The largest absolute Gasteiger partial charge is 0.489 e. The van der Waals surface area contributed by atoms with Gasteiger partial charge in [0.15, 0.2) is 0 Å². The predicted molar refractivity (Wildman–Crippen MR) is 116 cm³/mol. The average Bonchev–Trinajstić information content (AvgIpc) is 3.25. The van der Waals surface area contributed by atoms with Gasteiger partial charge in [-0.15, -0.1) is 11.3 Å². The lowest BCUT2D eigenvalue weighted by atomic mass is 9.84. The molecule has 2 aliphatic heterocycles. The Morgan fingerprint density at radius 3 is 2.66 bits per heavy atom. The van der Waals surface area contributed by atoms with Gasteiger partial charge in [0.2, 0.25) is 5.78 Å². The Labute approximate surface area is 174 Å². The van der Waals surface area contributed by atoms with Gasteiger partial charge in [0.1, 0.15) is 16.7 Å². The van der Waals surface area contributed by atoms with E-state index < -0.39 is 6.10 Å². The number of benzene rings is 2. The monoisotopic (exact) mass is 407 g/mol. The third-order valence-corrected chi connectivity index (χ3v) is 7.02. The molecule has 0 bridgehead atoms. The summed E-state index contributed by atoms with van der Waals surface area (Å²) in [4.78, 5) is 14.5. The standard InChI is InChI=1S/C24H25NO3S/c1-15(2)27-22-17-8-4-6-10-19(17)29-23(22)20(26)21-16-7-3-5-9-18(16)24(28-21)11-13-25-14-12-24/h3-10,15,21,25H,11-14H2,1-2H3/t21-/m1/s1. The van der Waals surface area contributed by atoms with Crippen LogP contribution in [0, 0.1) is 0 Å². The smallest absolute Gasteiger partial charge is 0.209 e. The van der Waals surface area contributed by atoms with Gasteiger partial charge in [-0.05, 0) is 63.0 Å². The van der Waals surface area contributed by atoms with Crippen molar-refractivity contribution in [2.75, 3.05) is 13.1 Å². The van der Waals surface area contributed by atoms with Crippen LogP contribution in [-0.4, -0.2) is 25.0 Å². The third kappa shape index (κ3) is 3.08. The van der Waals surface area contributed by atoms with Crippen molar-refractivity contribution in [2.45, 2.75) is 44.5 Å². The Bertz CT molecular complexity index is 1060. The zero-order valence-electron chi connectivity index (χ0n) is 16.7. The van der Waals surface area contributed by atoms with Gasteiger partial charge in [-0.3, -0.25) is 4.79 Å². The highest BCUT2D eigenvalue weighted by Gasteiger charge is 2.48. The number of rotatable bonds is 4. The quantitative estimate of drug-likeness (QED) is 0.602. The van der Waals surface area contributed by atoms with Crippen LogP contribution < -0.4 is 10.1 Å². The molecule has 0 radical (unpaired) electrons. The molecular weight excluding hydrogens is 382 g/mol. The molecule has 1 atom stereocenters. The van der Waals surface area contributed by atoms with Gasteiger partial charge in [0.05, 0.1) is 11.7 Å². The fraction of sp³-hybridized carbons (Fsp3) is 0.375. The summed E-state index contributed by atoms with van der Waals surface area (Å²) in [5.74, 6) is 0.697. The van der Waals surface area contributed by atoms with E-state index in [1.165, 1.54) is 16.9 Å². The first-order valence-corrected chi connectivity index (χ1v) is 11.1. The van der Waals surface area contributed by atoms with Crippen LogP contribution in [0.3, 0.4) is 0 Å². The zero-order valence-corrected chi connectivity index (χ0v) is 17.6. The van der Waals surface area contributed by atoms with Crippen molar-refractivity contribution in [3.8, 4) is 5.75 Å². The Morgan fingerprint density at radius 2 is 1.86 bits per heavy atom. The van der Waals surface area contributed by atoms with Crippen molar-refractivity contribution < 1.29 is 14.3 Å². The normalized spacial score (nSPS) is 20.3. The first kappa shape index (κ1) is 18.8. The van der Waals surface area contributed by atoms with Gasteiger partial charge >= 0.3 is 0 Å². The average molecular weight is 408 g/mol. The maximum atomic E-state index is 13.8. The number of fused-ring (bicyclic) bond motifs is 3. The molecule has 1 N–H and O–H groups in total. The molecule has 1 fully saturated rings. The van der Waals surface area contributed by atoms with Crippen LogP contribution >= 0.6 is 11.3 Å². The van der Waals surface area contributed by atoms with Crippen molar-refractivity contribution in [1.29, 1.82) is 0 Å². The van der Waals surface area contributed by atoms with E-state index in [1.807, 2.05) is 56.3 Å².